The number of carbonyl (C=O) groups is 1. The molecule has 130 valence electrons. The van der Waals surface area contributed by atoms with Crippen LogP contribution in [-0.2, 0) is 4.79 Å². The highest BCUT2D eigenvalue weighted by molar-refractivity contribution is 5.76. The number of nitrogens with zero attached hydrogens (tertiary/aromatic N) is 2. The van der Waals surface area contributed by atoms with Crippen molar-refractivity contribution < 1.29 is 9.72 Å². The van der Waals surface area contributed by atoms with Gasteiger partial charge in [-0.25, -0.2) is 0 Å². The summed E-state index contributed by atoms with van der Waals surface area (Å²) in [6.45, 7) is 1.73. The van der Waals surface area contributed by atoms with Crippen molar-refractivity contribution in [1.29, 1.82) is 0 Å². The lowest BCUT2D eigenvalue weighted by molar-refractivity contribution is -0.384. The van der Waals surface area contributed by atoms with Crippen molar-refractivity contribution in [3.05, 3.63) is 34.4 Å². The first kappa shape index (κ1) is 16.7. The fraction of sp³-hybridized carbons (Fsp3) is 0.611. The minimum atomic E-state index is -0.379. The molecule has 1 aliphatic heterocycles. The number of nitrogens with one attached hydrogen (secondary N) is 1. The fourth-order valence-electron chi connectivity index (χ4n) is 3.83. The van der Waals surface area contributed by atoms with Crippen molar-refractivity contribution in [3.8, 4) is 0 Å². The molecule has 1 saturated heterocycles. The van der Waals surface area contributed by atoms with Crippen LogP contribution in [0.2, 0.25) is 0 Å². The number of amides is 1. The van der Waals surface area contributed by atoms with E-state index in [9.17, 15) is 14.9 Å². The monoisotopic (exact) mass is 331 g/mol. The van der Waals surface area contributed by atoms with E-state index in [4.69, 9.17) is 0 Å². The third-order valence-corrected chi connectivity index (χ3v) is 5.23. The number of nitro benzene ring substituents is 1. The largest absolute Gasteiger partial charge is 0.371 e. The minimum Gasteiger partial charge on any atom is -0.371 e. The van der Waals surface area contributed by atoms with Crippen LogP contribution in [-0.4, -0.2) is 30.0 Å². The molecule has 2 fully saturated rings. The van der Waals surface area contributed by atoms with Crippen LogP contribution >= 0.6 is 0 Å². The van der Waals surface area contributed by atoms with Crippen LogP contribution < -0.4 is 10.2 Å². The lowest BCUT2D eigenvalue weighted by atomic mass is 10.0. The zero-order valence-electron chi connectivity index (χ0n) is 13.9. The maximum Gasteiger partial charge on any atom is 0.269 e. The summed E-state index contributed by atoms with van der Waals surface area (Å²) >= 11 is 0. The molecule has 1 N–H and O–H groups in total. The van der Waals surface area contributed by atoms with E-state index < -0.39 is 0 Å². The van der Waals surface area contributed by atoms with E-state index in [1.165, 1.54) is 25.7 Å². The third-order valence-electron chi connectivity index (χ3n) is 5.23. The second-order valence-corrected chi connectivity index (χ2v) is 6.96. The highest BCUT2D eigenvalue weighted by Gasteiger charge is 2.23. The van der Waals surface area contributed by atoms with E-state index in [-0.39, 0.29) is 22.6 Å². The summed E-state index contributed by atoms with van der Waals surface area (Å²) in [5.74, 6) is 0.792. The lowest BCUT2D eigenvalue weighted by Crippen LogP contribution is -2.45. The van der Waals surface area contributed by atoms with Gasteiger partial charge in [-0.15, -0.1) is 0 Å². The topological polar surface area (TPSA) is 75.5 Å². The van der Waals surface area contributed by atoms with Gasteiger partial charge < -0.3 is 10.2 Å². The molecular formula is C18H25N3O3. The molecule has 2 aliphatic rings. The molecule has 1 aliphatic carbocycles. The molecule has 1 heterocycles. The third kappa shape index (κ3) is 4.24. The van der Waals surface area contributed by atoms with Crippen molar-refractivity contribution in [3.63, 3.8) is 0 Å². The summed E-state index contributed by atoms with van der Waals surface area (Å²) in [5.41, 5.74) is 1.13. The first-order valence-electron chi connectivity index (χ1n) is 8.90. The second kappa shape index (κ2) is 7.64. The number of hydrogen-bond acceptors (Lipinski definition) is 4. The van der Waals surface area contributed by atoms with Crippen molar-refractivity contribution in [2.75, 3.05) is 18.0 Å². The van der Waals surface area contributed by atoms with Crippen molar-refractivity contribution in [1.82, 2.24) is 5.32 Å². The number of carbonyl (C=O) groups excluding carboxylic acids is 1. The van der Waals surface area contributed by atoms with Gasteiger partial charge >= 0.3 is 0 Å². The van der Waals surface area contributed by atoms with Crippen molar-refractivity contribution >= 4 is 17.3 Å². The van der Waals surface area contributed by atoms with Gasteiger partial charge in [0.15, 0.2) is 0 Å². The van der Waals surface area contributed by atoms with Gasteiger partial charge in [-0.2, -0.15) is 0 Å². The van der Waals surface area contributed by atoms with Gasteiger partial charge in [0, 0.05) is 43.4 Å². The summed E-state index contributed by atoms with van der Waals surface area (Å²) in [6, 6.07) is 6.96. The van der Waals surface area contributed by atoms with Gasteiger partial charge in [0.05, 0.1) is 4.92 Å². The normalized spacial score (nSPS) is 19.4. The van der Waals surface area contributed by atoms with Gasteiger partial charge in [0.1, 0.15) is 0 Å². The smallest absolute Gasteiger partial charge is 0.269 e. The Morgan fingerprint density at radius 3 is 2.33 bits per heavy atom. The average Bonchev–Trinajstić information content (AvgIpc) is 3.08. The molecule has 6 heteroatoms. The zero-order chi connectivity index (χ0) is 16.9. The first-order chi connectivity index (χ1) is 11.6. The van der Waals surface area contributed by atoms with E-state index in [0.717, 1.165) is 31.6 Å². The van der Waals surface area contributed by atoms with E-state index in [2.05, 4.69) is 10.2 Å². The van der Waals surface area contributed by atoms with Gasteiger partial charge in [0.25, 0.3) is 5.69 Å². The number of hydrogen-bond donors (Lipinski definition) is 1. The molecule has 0 aromatic heterocycles. The molecule has 0 spiro atoms. The Hall–Kier alpha value is -2.11. The molecule has 1 saturated carbocycles. The summed E-state index contributed by atoms with van der Waals surface area (Å²) in [6.07, 6.45) is 7.47. The summed E-state index contributed by atoms with van der Waals surface area (Å²) in [4.78, 5) is 24.7. The lowest BCUT2D eigenvalue weighted by Gasteiger charge is -2.34. The molecule has 0 atom stereocenters. The number of non-ortho nitro benzene ring substituents is 1. The van der Waals surface area contributed by atoms with E-state index in [0.29, 0.717) is 12.3 Å². The highest BCUT2D eigenvalue weighted by Crippen LogP contribution is 2.28. The fourth-order valence-corrected chi connectivity index (χ4v) is 3.83. The Labute approximate surface area is 142 Å². The van der Waals surface area contributed by atoms with E-state index >= 15 is 0 Å². The Morgan fingerprint density at radius 2 is 1.75 bits per heavy atom. The molecular weight excluding hydrogens is 306 g/mol. The Morgan fingerprint density at radius 1 is 1.12 bits per heavy atom. The van der Waals surface area contributed by atoms with Gasteiger partial charge in [-0.3, -0.25) is 14.9 Å². The molecule has 24 heavy (non-hydrogen) atoms. The van der Waals surface area contributed by atoms with Crippen molar-refractivity contribution in [2.24, 2.45) is 5.92 Å². The van der Waals surface area contributed by atoms with Crippen LogP contribution in [0, 0.1) is 16.0 Å². The maximum atomic E-state index is 12.1. The second-order valence-electron chi connectivity index (χ2n) is 6.96. The van der Waals surface area contributed by atoms with Gasteiger partial charge in [-0.05, 0) is 43.7 Å². The van der Waals surface area contributed by atoms with E-state index in [1.807, 2.05) is 0 Å². The molecule has 1 amide bonds. The minimum absolute atomic E-state index is 0.118. The SMILES string of the molecule is O=C(CC1CCCC1)NC1CCN(c2ccc([N+](=O)[O-])cc2)CC1. The summed E-state index contributed by atoms with van der Waals surface area (Å²) in [7, 11) is 0. The number of nitro groups is 1. The summed E-state index contributed by atoms with van der Waals surface area (Å²) < 4.78 is 0. The number of piperidine rings is 1. The van der Waals surface area contributed by atoms with Crippen LogP contribution in [0.15, 0.2) is 24.3 Å². The number of benzene rings is 1. The molecule has 1 aromatic rings. The van der Waals surface area contributed by atoms with Crippen molar-refractivity contribution in [2.45, 2.75) is 51.0 Å². The van der Waals surface area contributed by atoms with E-state index in [1.54, 1.807) is 24.3 Å². The van der Waals surface area contributed by atoms with Gasteiger partial charge in [-0.1, -0.05) is 12.8 Å². The quantitative estimate of drug-likeness (QED) is 0.664. The summed E-state index contributed by atoms with van der Waals surface area (Å²) in [5, 5.41) is 13.9. The molecule has 0 bridgehead atoms. The Bertz CT molecular complexity index is 574. The maximum absolute atomic E-state index is 12.1. The molecule has 3 rings (SSSR count). The predicted octanol–water partition coefficient (Wildman–Crippen LogP) is 3.26. The van der Waals surface area contributed by atoms with Crippen LogP contribution in [0.5, 0.6) is 0 Å². The molecule has 1 aromatic carbocycles. The number of anilines is 1. The number of rotatable bonds is 5. The van der Waals surface area contributed by atoms with Crippen LogP contribution in [0.4, 0.5) is 11.4 Å². The molecule has 6 nitrogen and oxygen atoms in total. The van der Waals surface area contributed by atoms with Crippen LogP contribution in [0.1, 0.15) is 44.9 Å². The van der Waals surface area contributed by atoms with Crippen LogP contribution in [0.25, 0.3) is 0 Å². The highest BCUT2D eigenvalue weighted by atomic mass is 16.6. The Kier molecular flexibility index (Phi) is 5.33. The predicted molar refractivity (Wildman–Crippen MR) is 93.0 cm³/mol. The molecule has 0 radical (unpaired) electrons. The molecule has 0 unspecified atom stereocenters. The average molecular weight is 331 g/mol. The van der Waals surface area contributed by atoms with Gasteiger partial charge in [0.2, 0.25) is 5.91 Å². The standard InChI is InChI=1S/C18H25N3O3/c22-18(13-14-3-1-2-4-14)19-15-9-11-20(12-10-15)16-5-7-17(8-6-16)21(23)24/h5-8,14-15H,1-4,9-13H2,(H,19,22). The Balaban J connectivity index is 1.45. The zero-order valence-corrected chi connectivity index (χ0v) is 13.9. The van der Waals surface area contributed by atoms with Crippen LogP contribution in [0.3, 0.4) is 0 Å². The first-order valence-corrected chi connectivity index (χ1v) is 8.90.